The largest absolute Gasteiger partial charge is 0.478 e. The molecule has 5 nitrogen and oxygen atoms in total. The number of nitrogens with zero attached hydrogens (tertiary/aromatic N) is 1. The highest BCUT2D eigenvalue weighted by atomic mass is 79.9. The van der Waals surface area contributed by atoms with Crippen molar-refractivity contribution in [2.75, 3.05) is 5.32 Å². The molecule has 1 heterocycles. The highest BCUT2D eigenvalue weighted by Crippen LogP contribution is 2.25. The van der Waals surface area contributed by atoms with Crippen LogP contribution >= 0.6 is 27.5 Å². The van der Waals surface area contributed by atoms with E-state index in [2.05, 4.69) is 25.6 Å². The van der Waals surface area contributed by atoms with Crippen LogP contribution in [0.4, 0.5) is 5.00 Å². The zero-order chi connectivity index (χ0) is 14.9. The fraction of sp³-hybridized carbons (Fsp3) is 0.154. The molecule has 0 unspecified atom stereocenters. The van der Waals surface area contributed by atoms with E-state index in [1.807, 2.05) is 13.0 Å². The van der Waals surface area contributed by atoms with Gasteiger partial charge in [0.05, 0.1) is 5.69 Å². The summed E-state index contributed by atoms with van der Waals surface area (Å²) in [5.74, 6) is -1.44. The van der Waals surface area contributed by atoms with Crippen LogP contribution in [0.25, 0.3) is 0 Å². The van der Waals surface area contributed by atoms with Gasteiger partial charge in [0.2, 0.25) is 0 Å². The van der Waals surface area contributed by atoms with Crippen LogP contribution in [-0.2, 0) is 0 Å². The maximum absolute atomic E-state index is 12.2. The van der Waals surface area contributed by atoms with Gasteiger partial charge in [0.1, 0.15) is 10.6 Å². The second-order valence-electron chi connectivity index (χ2n) is 4.19. The number of aryl methyl sites for hydroxylation is 2. The monoisotopic (exact) mass is 354 g/mol. The molecule has 2 aromatic rings. The van der Waals surface area contributed by atoms with Crippen LogP contribution < -0.4 is 5.32 Å². The van der Waals surface area contributed by atoms with Crippen LogP contribution in [0.5, 0.6) is 0 Å². The van der Waals surface area contributed by atoms with Gasteiger partial charge in [-0.05, 0) is 49.1 Å². The van der Waals surface area contributed by atoms with E-state index in [1.54, 1.807) is 19.1 Å². The maximum Gasteiger partial charge on any atom is 0.340 e. The minimum Gasteiger partial charge on any atom is -0.478 e. The van der Waals surface area contributed by atoms with Crippen LogP contribution in [0.2, 0.25) is 0 Å². The van der Waals surface area contributed by atoms with E-state index in [1.165, 1.54) is 0 Å². The standard InChI is InChI=1S/C13H11BrN2O3S/c1-6-5-8(14)3-4-9(6)11(17)15-12-10(13(18)19)7(2)16-20-12/h3-5H,1-2H3,(H,15,17)(H,18,19). The summed E-state index contributed by atoms with van der Waals surface area (Å²) in [7, 11) is 0. The molecule has 0 atom stereocenters. The molecule has 20 heavy (non-hydrogen) atoms. The lowest BCUT2D eigenvalue weighted by molar-refractivity contribution is 0.0697. The molecule has 0 saturated heterocycles. The molecule has 1 aromatic carbocycles. The minimum absolute atomic E-state index is 0.0399. The summed E-state index contributed by atoms with van der Waals surface area (Å²) in [6.07, 6.45) is 0. The Bertz CT molecular complexity index is 697. The van der Waals surface area contributed by atoms with Crippen molar-refractivity contribution >= 4 is 44.3 Å². The molecule has 1 aromatic heterocycles. The topological polar surface area (TPSA) is 79.3 Å². The Morgan fingerprint density at radius 1 is 1.35 bits per heavy atom. The lowest BCUT2D eigenvalue weighted by atomic mass is 10.1. The average Bonchev–Trinajstić information content (AvgIpc) is 2.70. The number of nitrogens with one attached hydrogen (secondary N) is 1. The molecule has 0 radical (unpaired) electrons. The van der Waals surface area contributed by atoms with E-state index in [0.717, 1.165) is 21.6 Å². The van der Waals surface area contributed by atoms with E-state index >= 15 is 0 Å². The second kappa shape index (κ2) is 5.72. The summed E-state index contributed by atoms with van der Waals surface area (Å²) in [6, 6.07) is 5.27. The zero-order valence-electron chi connectivity index (χ0n) is 10.7. The van der Waals surface area contributed by atoms with E-state index in [9.17, 15) is 9.59 Å². The van der Waals surface area contributed by atoms with Gasteiger partial charge < -0.3 is 10.4 Å². The van der Waals surface area contributed by atoms with E-state index in [-0.39, 0.29) is 16.5 Å². The molecule has 0 saturated carbocycles. The Kier molecular flexibility index (Phi) is 4.20. The Morgan fingerprint density at radius 2 is 2.05 bits per heavy atom. The number of halogens is 1. The minimum atomic E-state index is -1.10. The molecule has 0 aliphatic carbocycles. The molecular weight excluding hydrogens is 344 g/mol. The van der Waals surface area contributed by atoms with Gasteiger partial charge in [-0.25, -0.2) is 4.79 Å². The smallest absolute Gasteiger partial charge is 0.340 e. The average molecular weight is 355 g/mol. The fourth-order valence-electron chi connectivity index (χ4n) is 1.76. The number of carboxylic acid groups (broad SMARTS) is 1. The number of hydrogen-bond acceptors (Lipinski definition) is 4. The summed E-state index contributed by atoms with van der Waals surface area (Å²) < 4.78 is 4.84. The number of carboxylic acids is 1. The first kappa shape index (κ1) is 14.7. The molecule has 1 amide bonds. The lowest BCUT2D eigenvalue weighted by Gasteiger charge is -2.07. The predicted molar refractivity (Wildman–Crippen MR) is 80.6 cm³/mol. The zero-order valence-corrected chi connectivity index (χ0v) is 13.1. The molecule has 2 N–H and O–H groups in total. The third kappa shape index (κ3) is 2.88. The predicted octanol–water partition coefficient (Wildman–Crippen LogP) is 3.47. The molecule has 0 fully saturated rings. The summed E-state index contributed by atoms with van der Waals surface area (Å²) in [5, 5.41) is 12.0. The number of carbonyl (C=O) groups is 2. The van der Waals surface area contributed by atoms with Crippen LogP contribution in [0.3, 0.4) is 0 Å². The van der Waals surface area contributed by atoms with Crippen molar-refractivity contribution in [3.63, 3.8) is 0 Å². The Hall–Kier alpha value is -1.73. The molecule has 2 rings (SSSR count). The van der Waals surface area contributed by atoms with Crippen molar-refractivity contribution in [3.05, 3.63) is 45.1 Å². The number of benzene rings is 1. The van der Waals surface area contributed by atoms with E-state index < -0.39 is 5.97 Å². The number of anilines is 1. The summed E-state index contributed by atoms with van der Waals surface area (Å²) >= 11 is 4.29. The lowest BCUT2D eigenvalue weighted by Crippen LogP contribution is -2.14. The number of aromatic carboxylic acids is 1. The molecule has 104 valence electrons. The van der Waals surface area contributed by atoms with Gasteiger partial charge in [-0.1, -0.05) is 15.9 Å². The number of amides is 1. The third-order valence-electron chi connectivity index (χ3n) is 2.74. The molecule has 0 spiro atoms. The van der Waals surface area contributed by atoms with Gasteiger partial charge in [0.25, 0.3) is 5.91 Å². The number of aromatic nitrogens is 1. The number of hydrogen-bond donors (Lipinski definition) is 2. The van der Waals surface area contributed by atoms with E-state index in [4.69, 9.17) is 5.11 Å². The Balaban J connectivity index is 2.31. The van der Waals surface area contributed by atoms with Crippen LogP contribution in [0.15, 0.2) is 22.7 Å². The van der Waals surface area contributed by atoms with Gasteiger partial charge in [-0.2, -0.15) is 4.37 Å². The molecule has 7 heteroatoms. The van der Waals surface area contributed by atoms with Gasteiger partial charge >= 0.3 is 5.97 Å². The van der Waals surface area contributed by atoms with Gasteiger partial charge in [-0.3, -0.25) is 4.79 Å². The molecular formula is C13H11BrN2O3S. The SMILES string of the molecule is Cc1cc(Br)ccc1C(=O)Nc1snc(C)c1C(=O)O. The van der Waals surface area contributed by atoms with Crippen molar-refractivity contribution in [2.24, 2.45) is 0 Å². The third-order valence-corrected chi connectivity index (χ3v) is 4.08. The molecule has 0 aliphatic rings. The van der Waals surface area contributed by atoms with Crippen molar-refractivity contribution in [3.8, 4) is 0 Å². The Labute approximate surface area is 127 Å². The summed E-state index contributed by atoms with van der Waals surface area (Å²) in [4.78, 5) is 23.3. The van der Waals surface area contributed by atoms with Gasteiger partial charge in [0, 0.05) is 10.0 Å². The van der Waals surface area contributed by atoms with Crippen molar-refractivity contribution < 1.29 is 14.7 Å². The second-order valence-corrected chi connectivity index (χ2v) is 5.88. The van der Waals surface area contributed by atoms with Crippen molar-refractivity contribution in [2.45, 2.75) is 13.8 Å². The first-order chi connectivity index (χ1) is 9.40. The summed E-state index contributed by atoms with van der Waals surface area (Å²) in [5.41, 5.74) is 1.73. The first-order valence-corrected chi connectivity index (χ1v) is 7.24. The molecule has 0 bridgehead atoms. The molecule has 0 aliphatic heterocycles. The Morgan fingerprint density at radius 3 is 2.65 bits per heavy atom. The quantitative estimate of drug-likeness (QED) is 0.884. The van der Waals surface area contributed by atoms with Crippen molar-refractivity contribution in [1.82, 2.24) is 4.37 Å². The highest BCUT2D eigenvalue weighted by molar-refractivity contribution is 9.10. The maximum atomic E-state index is 12.2. The fourth-order valence-corrected chi connectivity index (χ4v) is 3.02. The normalized spacial score (nSPS) is 10.3. The van der Waals surface area contributed by atoms with E-state index in [0.29, 0.717) is 11.3 Å². The highest BCUT2D eigenvalue weighted by Gasteiger charge is 2.20. The van der Waals surface area contributed by atoms with Gasteiger partial charge in [-0.15, -0.1) is 0 Å². The van der Waals surface area contributed by atoms with Crippen LogP contribution in [0, 0.1) is 13.8 Å². The number of carbonyl (C=O) groups excluding carboxylic acids is 1. The van der Waals surface area contributed by atoms with Gasteiger partial charge in [0.15, 0.2) is 0 Å². The first-order valence-electron chi connectivity index (χ1n) is 5.67. The van der Waals surface area contributed by atoms with Crippen LogP contribution in [-0.4, -0.2) is 21.4 Å². The van der Waals surface area contributed by atoms with Crippen molar-refractivity contribution in [1.29, 1.82) is 0 Å². The number of rotatable bonds is 3. The van der Waals surface area contributed by atoms with Crippen LogP contribution in [0.1, 0.15) is 32.0 Å². The summed E-state index contributed by atoms with van der Waals surface area (Å²) in [6.45, 7) is 3.41.